The molecule has 0 bridgehead atoms. The van der Waals surface area contributed by atoms with E-state index < -0.39 is 11.9 Å². The molecular formula is C16H18N2O3. The highest BCUT2D eigenvalue weighted by Gasteiger charge is 2.23. The van der Waals surface area contributed by atoms with Crippen LogP contribution in [0.2, 0.25) is 0 Å². The molecule has 0 amide bonds. The van der Waals surface area contributed by atoms with E-state index in [-0.39, 0.29) is 0 Å². The van der Waals surface area contributed by atoms with Gasteiger partial charge in [-0.2, -0.15) is 0 Å². The van der Waals surface area contributed by atoms with Gasteiger partial charge in [0.2, 0.25) is 5.88 Å². The van der Waals surface area contributed by atoms with Crippen LogP contribution >= 0.6 is 0 Å². The van der Waals surface area contributed by atoms with Crippen molar-refractivity contribution >= 4 is 5.97 Å². The molecule has 5 heteroatoms. The first-order chi connectivity index (χ1) is 10.1. The summed E-state index contributed by atoms with van der Waals surface area (Å²) < 4.78 is 5.28. The molecule has 0 radical (unpaired) electrons. The van der Waals surface area contributed by atoms with Crippen LogP contribution < -0.4 is 4.74 Å². The van der Waals surface area contributed by atoms with E-state index in [0.717, 1.165) is 11.1 Å². The van der Waals surface area contributed by atoms with Gasteiger partial charge in [-0.15, -0.1) is 0 Å². The molecule has 1 heterocycles. The van der Waals surface area contributed by atoms with Gasteiger partial charge in [-0.3, -0.25) is 9.78 Å². The maximum atomic E-state index is 11.6. The van der Waals surface area contributed by atoms with Crippen LogP contribution in [0.15, 0.2) is 36.7 Å². The minimum absolute atomic E-state index is 0.353. The summed E-state index contributed by atoms with van der Waals surface area (Å²) in [5.74, 6) is -1.30. The fourth-order valence-electron chi connectivity index (χ4n) is 2.13. The van der Waals surface area contributed by atoms with Crippen LogP contribution in [0, 0.1) is 6.92 Å². The normalized spacial score (nSPS) is 11.9. The highest BCUT2D eigenvalue weighted by Crippen LogP contribution is 2.22. The van der Waals surface area contributed by atoms with Crippen LogP contribution in [-0.4, -0.2) is 27.7 Å². The van der Waals surface area contributed by atoms with Crippen molar-refractivity contribution in [1.29, 1.82) is 0 Å². The number of aromatic nitrogens is 2. The monoisotopic (exact) mass is 286 g/mol. The predicted molar refractivity (Wildman–Crippen MR) is 78.5 cm³/mol. The maximum Gasteiger partial charge on any atom is 0.312 e. The molecule has 0 spiro atoms. The van der Waals surface area contributed by atoms with E-state index in [0.29, 0.717) is 24.6 Å². The average Bonchev–Trinajstić information content (AvgIpc) is 2.46. The van der Waals surface area contributed by atoms with Crippen LogP contribution in [0.5, 0.6) is 5.88 Å². The maximum absolute atomic E-state index is 11.6. The van der Waals surface area contributed by atoms with E-state index in [1.165, 1.54) is 12.4 Å². The number of carbonyl (C=O) groups is 1. The second kappa shape index (κ2) is 6.83. The first kappa shape index (κ1) is 15.0. The highest BCUT2D eigenvalue weighted by molar-refractivity contribution is 5.75. The Bertz CT molecular complexity index is 628. The molecule has 0 fully saturated rings. The smallest absolute Gasteiger partial charge is 0.312 e. The number of aryl methyl sites for hydroxylation is 1. The Morgan fingerprint density at radius 2 is 2.10 bits per heavy atom. The van der Waals surface area contributed by atoms with Gasteiger partial charge in [0.05, 0.1) is 18.5 Å². The molecule has 0 saturated carbocycles. The van der Waals surface area contributed by atoms with Gasteiger partial charge in [0, 0.05) is 6.20 Å². The summed E-state index contributed by atoms with van der Waals surface area (Å²) in [5.41, 5.74) is 2.47. The standard InChI is InChI=1S/C16H18N2O3/c1-3-21-15-10-17-9-14(18-15)13(16(19)20)8-12-7-5-4-6-11(12)2/h4-7,9-10,13H,3,8H2,1-2H3,(H,19,20). The SMILES string of the molecule is CCOc1cncc(C(Cc2ccccc2C)C(=O)O)n1. The van der Waals surface area contributed by atoms with Gasteiger partial charge < -0.3 is 9.84 Å². The molecule has 5 nitrogen and oxygen atoms in total. The summed E-state index contributed by atoms with van der Waals surface area (Å²) in [6, 6.07) is 7.75. The first-order valence-electron chi connectivity index (χ1n) is 6.84. The Labute approximate surface area is 123 Å². The predicted octanol–water partition coefficient (Wildman–Crippen LogP) is 2.59. The lowest BCUT2D eigenvalue weighted by molar-refractivity contribution is -0.138. The number of carboxylic acid groups (broad SMARTS) is 1. The minimum Gasteiger partial charge on any atom is -0.481 e. The summed E-state index contributed by atoms with van der Waals surface area (Å²) in [4.78, 5) is 19.8. The van der Waals surface area contributed by atoms with E-state index in [2.05, 4.69) is 9.97 Å². The van der Waals surface area contributed by atoms with Gasteiger partial charge in [-0.25, -0.2) is 4.98 Å². The summed E-state index contributed by atoms with van der Waals surface area (Å²) in [6.45, 7) is 4.28. The molecule has 2 rings (SSSR count). The number of aliphatic carboxylic acids is 1. The average molecular weight is 286 g/mol. The molecule has 0 aliphatic carbocycles. The molecule has 110 valence electrons. The number of carboxylic acids is 1. The molecule has 21 heavy (non-hydrogen) atoms. The molecule has 1 atom stereocenters. The molecule has 2 aromatic rings. The summed E-state index contributed by atoms with van der Waals surface area (Å²) in [5, 5.41) is 9.49. The van der Waals surface area contributed by atoms with E-state index in [1.54, 1.807) is 0 Å². The highest BCUT2D eigenvalue weighted by atomic mass is 16.5. The third-order valence-corrected chi connectivity index (χ3v) is 3.26. The molecule has 1 unspecified atom stereocenters. The quantitative estimate of drug-likeness (QED) is 0.883. The van der Waals surface area contributed by atoms with Crippen molar-refractivity contribution in [2.24, 2.45) is 0 Å². The van der Waals surface area contributed by atoms with E-state index in [1.807, 2.05) is 38.1 Å². The van der Waals surface area contributed by atoms with Crippen molar-refractivity contribution in [3.8, 4) is 5.88 Å². The lowest BCUT2D eigenvalue weighted by Gasteiger charge is -2.14. The molecule has 0 aliphatic rings. The number of benzene rings is 1. The molecule has 1 aromatic heterocycles. The van der Waals surface area contributed by atoms with Crippen molar-refractivity contribution in [2.75, 3.05) is 6.61 Å². The van der Waals surface area contributed by atoms with Crippen molar-refractivity contribution in [1.82, 2.24) is 9.97 Å². The van der Waals surface area contributed by atoms with Gasteiger partial charge in [-0.1, -0.05) is 24.3 Å². The van der Waals surface area contributed by atoms with E-state index in [9.17, 15) is 9.90 Å². The van der Waals surface area contributed by atoms with Gasteiger partial charge in [0.1, 0.15) is 5.92 Å². The zero-order valence-electron chi connectivity index (χ0n) is 12.1. The van der Waals surface area contributed by atoms with Crippen molar-refractivity contribution in [2.45, 2.75) is 26.2 Å². The van der Waals surface area contributed by atoms with Gasteiger partial charge >= 0.3 is 5.97 Å². The first-order valence-corrected chi connectivity index (χ1v) is 6.84. The zero-order chi connectivity index (χ0) is 15.2. The van der Waals surface area contributed by atoms with Crippen molar-refractivity contribution in [3.63, 3.8) is 0 Å². The summed E-state index contributed by atoms with van der Waals surface area (Å²) in [7, 11) is 0. The topological polar surface area (TPSA) is 72.3 Å². The lowest BCUT2D eigenvalue weighted by atomic mass is 9.94. The molecule has 1 N–H and O–H groups in total. The summed E-state index contributed by atoms with van der Waals surface area (Å²) in [6.07, 6.45) is 3.35. The molecular weight excluding hydrogens is 268 g/mol. The Morgan fingerprint density at radius 3 is 2.76 bits per heavy atom. The largest absolute Gasteiger partial charge is 0.481 e. The summed E-state index contributed by atoms with van der Waals surface area (Å²) >= 11 is 0. The van der Waals surface area contributed by atoms with Gasteiger partial charge in [0.15, 0.2) is 0 Å². The van der Waals surface area contributed by atoms with Gasteiger partial charge in [-0.05, 0) is 31.4 Å². The second-order valence-corrected chi connectivity index (χ2v) is 4.74. The number of rotatable bonds is 6. The lowest BCUT2D eigenvalue weighted by Crippen LogP contribution is -2.17. The van der Waals surface area contributed by atoms with E-state index in [4.69, 9.17) is 4.74 Å². The Kier molecular flexibility index (Phi) is 4.87. The zero-order valence-corrected chi connectivity index (χ0v) is 12.1. The minimum atomic E-state index is -0.916. The Morgan fingerprint density at radius 1 is 1.33 bits per heavy atom. The van der Waals surface area contributed by atoms with Crippen LogP contribution in [0.1, 0.15) is 29.7 Å². The fraction of sp³-hybridized carbons (Fsp3) is 0.312. The van der Waals surface area contributed by atoms with Crippen LogP contribution in [-0.2, 0) is 11.2 Å². The van der Waals surface area contributed by atoms with Crippen LogP contribution in [0.3, 0.4) is 0 Å². The van der Waals surface area contributed by atoms with Crippen LogP contribution in [0.25, 0.3) is 0 Å². The number of hydrogen-bond donors (Lipinski definition) is 1. The number of ether oxygens (including phenoxy) is 1. The third-order valence-electron chi connectivity index (χ3n) is 3.26. The Hall–Kier alpha value is -2.43. The third kappa shape index (κ3) is 3.78. The fourth-order valence-corrected chi connectivity index (χ4v) is 2.13. The number of hydrogen-bond acceptors (Lipinski definition) is 4. The van der Waals surface area contributed by atoms with Gasteiger partial charge in [0.25, 0.3) is 0 Å². The van der Waals surface area contributed by atoms with E-state index >= 15 is 0 Å². The van der Waals surface area contributed by atoms with Crippen LogP contribution in [0.4, 0.5) is 0 Å². The molecule has 0 saturated heterocycles. The Balaban J connectivity index is 2.29. The molecule has 1 aromatic carbocycles. The van der Waals surface area contributed by atoms with Crippen molar-refractivity contribution < 1.29 is 14.6 Å². The van der Waals surface area contributed by atoms with Crippen molar-refractivity contribution in [3.05, 3.63) is 53.5 Å². The molecule has 0 aliphatic heterocycles. The second-order valence-electron chi connectivity index (χ2n) is 4.74. The number of nitrogens with zero attached hydrogens (tertiary/aromatic N) is 2.